The van der Waals surface area contributed by atoms with Gasteiger partial charge in [0.25, 0.3) is 11.6 Å². The highest BCUT2D eigenvalue weighted by atomic mass is 19.3. The molecule has 1 aliphatic carbocycles. The van der Waals surface area contributed by atoms with Crippen LogP contribution >= 0.6 is 0 Å². The van der Waals surface area contributed by atoms with E-state index in [4.69, 9.17) is 0 Å². The molecule has 2 aromatic rings. The van der Waals surface area contributed by atoms with E-state index in [9.17, 15) is 18.4 Å². The Kier molecular flexibility index (Phi) is 3.44. The van der Waals surface area contributed by atoms with Crippen molar-refractivity contribution in [3.05, 3.63) is 56.5 Å². The summed E-state index contributed by atoms with van der Waals surface area (Å²) in [5.41, 5.74) is 0.726. The number of aromatic amines is 2. The van der Waals surface area contributed by atoms with Gasteiger partial charge in [0.1, 0.15) is 5.69 Å². The van der Waals surface area contributed by atoms with Gasteiger partial charge in [0.15, 0.2) is 0 Å². The van der Waals surface area contributed by atoms with Gasteiger partial charge >= 0.3 is 5.69 Å². The highest BCUT2D eigenvalue weighted by molar-refractivity contribution is 5.57. The van der Waals surface area contributed by atoms with E-state index in [-0.39, 0.29) is 17.4 Å². The first-order valence-electron chi connectivity index (χ1n) is 6.65. The Morgan fingerprint density at radius 1 is 1.36 bits per heavy atom. The number of halogens is 2. The molecule has 2 aromatic heterocycles. The molecule has 3 rings (SSSR count). The van der Waals surface area contributed by atoms with Crippen LogP contribution in [0.2, 0.25) is 0 Å². The Bertz CT molecular complexity index is 868. The van der Waals surface area contributed by atoms with Crippen molar-refractivity contribution in [3.63, 3.8) is 0 Å². The maximum absolute atomic E-state index is 12.3. The third-order valence-electron chi connectivity index (χ3n) is 3.69. The summed E-state index contributed by atoms with van der Waals surface area (Å²) in [6, 6.07) is 1.67. The van der Waals surface area contributed by atoms with E-state index in [0.717, 1.165) is 11.6 Å². The Labute approximate surface area is 122 Å². The third kappa shape index (κ3) is 2.72. The van der Waals surface area contributed by atoms with Crippen molar-refractivity contribution >= 4 is 0 Å². The van der Waals surface area contributed by atoms with Crippen LogP contribution in [-0.2, 0) is 0 Å². The van der Waals surface area contributed by atoms with Crippen molar-refractivity contribution in [2.45, 2.75) is 19.3 Å². The fraction of sp³-hybridized carbons (Fsp3) is 0.286. The van der Waals surface area contributed by atoms with Crippen LogP contribution in [0.5, 0.6) is 0 Å². The van der Waals surface area contributed by atoms with Crippen LogP contribution in [0.1, 0.15) is 23.6 Å². The smallest absolute Gasteiger partial charge is 0.313 e. The van der Waals surface area contributed by atoms with Gasteiger partial charge in [0.05, 0.1) is 11.3 Å². The second kappa shape index (κ2) is 5.28. The zero-order chi connectivity index (χ0) is 15.9. The molecule has 0 bridgehead atoms. The van der Waals surface area contributed by atoms with Crippen molar-refractivity contribution in [1.82, 2.24) is 20.2 Å². The summed E-state index contributed by atoms with van der Waals surface area (Å²) < 4.78 is 24.6. The summed E-state index contributed by atoms with van der Waals surface area (Å²) >= 11 is 0. The van der Waals surface area contributed by atoms with Crippen LogP contribution in [0, 0.1) is 12.8 Å². The molecule has 22 heavy (non-hydrogen) atoms. The second-order valence-corrected chi connectivity index (χ2v) is 5.22. The molecule has 0 unspecified atom stereocenters. The van der Waals surface area contributed by atoms with E-state index in [2.05, 4.69) is 20.2 Å². The number of nitrogens with one attached hydrogen (secondary N) is 2. The molecule has 0 spiro atoms. The van der Waals surface area contributed by atoms with Crippen molar-refractivity contribution in [3.8, 4) is 11.3 Å². The minimum Gasteiger partial charge on any atom is -0.313 e. The molecular weight excluding hydrogens is 294 g/mol. The molecule has 0 saturated heterocycles. The molecular formula is C14H12F2N4O2. The molecule has 2 atom stereocenters. The van der Waals surface area contributed by atoms with Crippen molar-refractivity contribution in [2.24, 2.45) is 5.92 Å². The monoisotopic (exact) mass is 306 g/mol. The quantitative estimate of drug-likeness (QED) is 0.903. The predicted octanol–water partition coefficient (Wildman–Crippen LogP) is 1.71. The number of hydrogen-bond acceptors (Lipinski definition) is 4. The number of H-pyrrole nitrogens is 2. The van der Waals surface area contributed by atoms with Gasteiger partial charge < -0.3 is 4.98 Å². The number of hydrogen-bond donors (Lipinski definition) is 2. The van der Waals surface area contributed by atoms with Crippen molar-refractivity contribution in [1.29, 1.82) is 0 Å². The summed E-state index contributed by atoms with van der Waals surface area (Å²) in [6.45, 7) is 1.74. The zero-order valence-corrected chi connectivity index (χ0v) is 11.6. The van der Waals surface area contributed by atoms with Gasteiger partial charge in [-0.1, -0.05) is 0 Å². The Balaban J connectivity index is 1.99. The summed E-state index contributed by atoms with van der Waals surface area (Å²) in [5.74, 6) is -0.257. The van der Waals surface area contributed by atoms with Crippen LogP contribution < -0.4 is 11.2 Å². The van der Waals surface area contributed by atoms with Crippen molar-refractivity contribution < 1.29 is 8.78 Å². The Hall–Kier alpha value is -2.64. The molecule has 1 aliphatic rings. The SMILES string of the molecule is Cc1nnc(-c2c[nH]c(=O)[nH]c2=O)cc1[C@H]1C[C@@H]1C=C(F)F. The first kappa shape index (κ1) is 14.3. The third-order valence-corrected chi connectivity index (χ3v) is 3.69. The van der Waals surface area contributed by atoms with E-state index in [1.54, 1.807) is 13.0 Å². The topological polar surface area (TPSA) is 91.5 Å². The van der Waals surface area contributed by atoms with Gasteiger partial charge in [-0.05, 0) is 42.9 Å². The number of aromatic nitrogens is 4. The van der Waals surface area contributed by atoms with Gasteiger partial charge in [0, 0.05) is 6.20 Å². The molecule has 2 N–H and O–H groups in total. The predicted molar refractivity (Wildman–Crippen MR) is 74.6 cm³/mol. The molecule has 2 heterocycles. The number of allylic oxidation sites excluding steroid dienone is 1. The number of rotatable bonds is 3. The standard InChI is InChI=1S/C14H12F2N4O2/c1-6-8(9-2-7(9)3-12(15)16)4-11(20-19-6)10-5-17-14(22)18-13(10)21/h3-5,7,9H,2H2,1H3,(H2,17,18,21,22)/t7-,9+/m1/s1. The minimum atomic E-state index is -1.69. The largest absolute Gasteiger partial charge is 0.325 e. The summed E-state index contributed by atoms with van der Waals surface area (Å²) in [4.78, 5) is 27.3. The van der Waals surface area contributed by atoms with Gasteiger partial charge in [-0.25, -0.2) is 4.79 Å². The molecule has 6 nitrogen and oxygen atoms in total. The van der Waals surface area contributed by atoms with Gasteiger partial charge in [-0.3, -0.25) is 9.78 Å². The van der Waals surface area contributed by atoms with Crippen LogP contribution in [0.3, 0.4) is 0 Å². The van der Waals surface area contributed by atoms with Gasteiger partial charge in [-0.2, -0.15) is 13.9 Å². The minimum absolute atomic E-state index is 0.0439. The normalized spacial score (nSPS) is 19.8. The summed E-state index contributed by atoms with van der Waals surface area (Å²) in [6.07, 6.45) is 1.13. The maximum atomic E-state index is 12.3. The van der Waals surface area contributed by atoms with E-state index in [1.807, 2.05) is 0 Å². The number of aryl methyl sites for hydroxylation is 1. The average molecular weight is 306 g/mol. The molecule has 8 heteroatoms. The van der Waals surface area contributed by atoms with E-state index >= 15 is 0 Å². The molecule has 0 aliphatic heterocycles. The lowest BCUT2D eigenvalue weighted by molar-refractivity contribution is 0.416. The Morgan fingerprint density at radius 3 is 2.82 bits per heavy atom. The van der Waals surface area contributed by atoms with Crippen LogP contribution in [0.4, 0.5) is 8.78 Å². The lowest BCUT2D eigenvalue weighted by Crippen LogP contribution is -2.23. The van der Waals surface area contributed by atoms with Gasteiger partial charge in [0.2, 0.25) is 0 Å². The fourth-order valence-corrected chi connectivity index (χ4v) is 2.49. The van der Waals surface area contributed by atoms with Crippen molar-refractivity contribution in [2.75, 3.05) is 0 Å². The highest BCUT2D eigenvalue weighted by Crippen LogP contribution is 2.50. The molecule has 0 amide bonds. The average Bonchev–Trinajstić information content (AvgIpc) is 3.18. The second-order valence-electron chi connectivity index (χ2n) is 5.22. The summed E-state index contributed by atoms with van der Waals surface area (Å²) in [7, 11) is 0. The van der Waals surface area contributed by atoms with Crippen LogP contribution in [0.25, 0.3) is 11.3 Å². The van der Waals surface area contributed by atoms with Crippen LogP contribution in [-0.4, -0.2) is 20.2 Å². The fourth-order valence-electron chi connectivity index (χ4n) is 2.49. The molecule has 114 valence electrons. The lowest BCUT2D eigenvalue weighted by Gasteiger charge is -2.05. The molecule has 0 radical (unpaired) electrons. The number of nitrogens with zero attached hydrogens (tertiary/aromatic N) is 2. The van der Waals surface area contributed by atoms with E-state index in [0.29, 0.717) is 17.8 Å². The highest BCUT2D eigenvalue weighted by Gasteiger charge is 2.39. The zero-order valence-electron chi connectivity index (χ0n) is 11.6. The molecule has 1 saturated carbocycles. The van der Waals surface area contributed by atoms with Gasteiger partial charge in [-0.15, -0.1) is 5.10 Å². The Morgan fingerprint density at radius 2 is 2.14 bits per heavy atom. The van der Waals surface area contributed by atoms with Crippen LogP contribution in [0.15, 0.2) is 34.0 Å². The maximum Gasteiger partial charge on any atom is 0.325 e. The van der Waals surface area contributed by atoms with E-state index < -0.39 is 17.3 Å². The first-order chi connectivity index (χ1) is 10.5. The summed E-state index contributed by atoms with van der Waals surface area (Å²) in [5, 5.41) is 7.93. The molecule has 0 aromatic carbocycles. The first-order valence-corrected chi connectivity index (χ1v) is 6.65. The molecule has 1 fully saturated rings. The lowest BCUT2D eigenvalue weighted by atomic mass is 10.1. The van der Waals surface area contributed by atoms with E-state index in [1.165, 1.54) is 6.20 Å².